The zero-order valence-electron chi connectivity index (χ0n) is 20.1. The molecule has 0 spiro atoms. The molecular weight excluding hydrogens is 456 g/mol. The molecule has 0 radical (unpaired) electrons. The number of nitrogens with zero attached hydrogens (tertiary/aromatic N) is 3. The summed E-state index contributed by atoms with van der Waals surface area (Å²) in [6.45, 7) is 4.35. The molecule has 0 bridgehead atoms. The number of aromatic amines is 1. The van der Waals surface area contributed by atoms with Crippen molar-refractivity contribution in [1.29, 1.82) is 0 Å². The zero-order chi connectivity index (χ0) is 24.8. The number of ether oxygens (including phenoxy) is 2. The summed E-state index contributed by atoms with van der Waals surface area (Å²) < 4.78 is 18.8. The molecule has 1 unspecified atom stereocenters. The normalized spacial score (nSPS) is 16.2. The lowest BCUT2D eigenvalue weighted by Crippen LogP contribution is -2.07. The first-order valence-electron chi connectivity index (χ1n) is 11.7. The summed E-state index contributed by atoms with van der Waals surface area (Å²) in [6.07, 6.45) is -0.233. The molecular formula is C28H24N4O4. The third-order valence-electron chi connectivity index (χ3n) is 6.54. The second-order valence-corrected chi connectivity index (χ2v) is 8.76. The van der Waals surface area contributed by atoms with Crippen molar-refractivity contribution in [2.45, 2.75) is 26.6 Å². The van der Waals surface area contributed by atoms with Gasteiger partial charge >= 0.3 is 5.76 Å². The largest absolute Gasteiger partial charge is 0.485 e. The number of imidazole rings is 1. The van der Waals surface area contributed by atoms with Gasteiger partial charge in [0.05, 0.1) is 11.0 Å². The van der Waals surface area contributed by atoms with E-state index in [1.54, 1.807) is 7.11 Å². The van der Waals surface area contributed by atoms with Crippen LogP contribution in [0.5, 0.6) is 5.75 Å². The lowest BCUT2D eigenvalue weighted by molar-refractivity contribution is 0.177. The number of fused-ring (bicyclic) bond motifs is 3. The van der Waals surface area contributed by atoms with E-state index >= 15 is 0 Å². The first-order chi connectivity index (χ1) is 17.5. The van der Waals surface area contributed by atoms with Crippen LogP contribution in [0.4, 0.5) is 0 Å². The molecule has 8 heteroatoms. The molecule has 1 aliphatic rings. The van der Waals surface area contributed by atoms with Crippen molar-refractivity contribution in [3.05, 3.63) is 106 Å². The van der Waals surface area contributed by atoms with Crippen LogP contribution in [0, 0.1) is 0 Å². The average Bonchev–Trinajstić information content (AvgIpc) is 3.45. The van der Waals surface area contributed by atoms with Gasteiger partial charge in [-0.3, -0.25) is 14.1 Å². The molecule has 1 atom stereocenters. The molecule has 180 valence electrons. The molecule has 5 aromatic rings. The van der Waals surface area contributed by atoms with Crippen LogP contribution in [0.15, 0.2) is 76.0 Å². The molecule has 1 N–H and O–H groups in total. The molecule has 3 aromatic carbocycles. The molecule has 0 saturated heterocycles. The van der Waals surface area contributed by atoms with Crippen LogP contribution < -0.4 is 10.5 Å². The van der Waals surface area contributed by atoms with E-state index in [1.807, 2.05) is 56.3 Å². The summed E-state index contributed by atoms with van der Waals surface area (Å²) in [5, 5.41) is 3.94. The fraction of sp³-hybridized carbons (Fsp3) is 0.179. The minimum Gasteiger partial charge on any atom is -0.485 e. The Kier molecular flexibility index (Phi) is 5.30. The third kappa shape index (κ3) is 3.54. The standard InChI is InChI=1S/C28H24N4O4/c1-16(27-30-28(33)36-31-27)26-19-13-12-18(14-21(19)17(2)35-24-11-7-4-8-20(24)26)32-23-10-6-5-9-22(23)29-25(32)15-34-3/h4-14,17H,15H2,1-3H3,(H,30,31,33). The monoisotopic (exact) mass is 480 g/mol. The number of para-hydroxylation sites is 3. The number of methoxy groups -OCH3 is 1. The van der Waals surface area contributed by atoms with Crippen molar-refractivity contribution in [3.8, 4) is 11.4 Å². The number of benzene rings is 3. The average molecular weight is 481 g/mol. The maximum absolute atomic E-state index is 11.7. The number of aromatic nitrogens is 4. The first-order valence-corrected chi connectivity index (χ1v) is 11.7. The Morgan fingerprint density at radius 1 is 1.08 bits per heavy atom. The maximum atomic E-state index is 11.7. The van der Waals surface area contributed by atoms with Gasteiger partial charge in [0.1, 0.15) is 24.3 Å². The highest BCUT2D eigenvalue weighted by atomic mass is 16.5. The van der Waals surface area contributed by atoms with E-state index in [-0.39, 0.29) is 6.10 Å². The number of hydrogen-bond donors (Lipinski definition) is 1. The number of rotatable bonds is 4. The Bertz CT molecular complexity index is 1690. The third-order valence-corrected chi connectivity index (χ3v) is 6.54. The van der Waals surface area contributed by atoms with Crippen LogP contribution >= 0.6 is 0 Å². The minimum atomic E-state index is -0.593. The van der Waals surface area contributed by atoms with E-state index in [1.165, 1.54) is 0 Å². The highest BCUT2D eigenvalue weighted by molar-refractivity contribution is 5.99. The lowest BCUT2D eigenvalue weighted by Gasteiger charge is -2.18. The van der Waals surface area contributed by atoms with E-state index in [9.17, 15) is 4.79 Å². The topological polar surface area (TPSA) is 95.2 Å². The lowest BCUT2D eigenvalue weighted by atomic mass is 9.89. The van der Waals surface area contributed by atoms with Gasteiger partial charge in [0, 0.05) is 29.5 Å². The molecule has 1 aliphatic heterocycles. The minimum absolute atomic E-state index is 0.233. The molecule has 0 saturated carbocycles. The van der Waals surface area contributed by atoms with E-state index in [0.29, 0.717) is 12.4 Å². The fourth-order valence-corrected chi connectivity index (χ4v) is 4.93. The van der Waals surface area contributed by atoms with E-state index < -0.39 is 5.76 Å². The molecule has 8 nitrogen and oxygen atoms in total. The van der Waals surface area contributed by atoms with Crippen molar-refractivity contribution >= 4 is 22.2 Å². The van der Waals surface area contributed by atoms with Crippen LogP contribution in [0.25, 0.3) is 27.9 Å². The second-order valence-electron chi connectivity index (χ2n) is 8.76. The van der Waals surface area contributed by atoms with Gasteiger partial charge in [-0.15, -0.1) is 0 Å². The highest BCUT2D eigenvalue weighted by Gasteiger charge is 2.27. The van der Waals surface area contributed by atoms with Gasteiger partial charge in [0.25, 0.3) is 0 Å². The Hall–Kier alpha value is -4.43. The van der Waals surface area contributed by atoms with Crippen molar-refractivity contribution in [1.82, 2.24) is 19.7 Å². The molecule has 0 amide bonds. The molecule has 0 fully saturated rings. The predicted molar refractivity (Wildman–Crippen MR) is 136 cm³/mol. The molecule has 2 aromatic heterocycles. The number of allylic oxidation sites excluding steroid dienone is 1. The molecule has 6 rings (SSSR count). The van der Waals surface area contributed by atoms with E-state index in [0.717, 1.165) is 56.1 Å². The van der Waals surface area contributed by atoms with Crippen LogP contribution in [0.2, 0.25) is 0 Å². The Labute approximate surface area is 206 Å². The number of hydrogen-bond acceptors (Lipinski definition) is 6. The van der Waals surface area contributed by atoms with Gasteiger partial charge in [0.2, 0.25) is 0 Å². The van der Waals surface area contributed by atoms with Crippen LogP contribution in [-0.4, -0.2) is 26.8 Å². The summed E-state index contributed by atoms with van der Waals surface area (Å²) in [4.78, 5) is 19.2. The van der Waals surface area contributed by atoms with Gasteiger partial charge in [-0.2, -0.15) is 0 Å². The van der Waals surface area contributed by atoms with Crippen LogP contribution in [0.3, 0.4) is 0 Å². The molecule has 3 heterocycles. The number of H-pyrrole nitrogens is 1. The van der Waals surface area contributed by atoms with Crippen molar-refractivity contribution in [2.75, 3.05) is 7.11 Å². The smallest absolute Gasteiger partial charge is 0.439 e. The SMILES string of the molecule is COCc1nc2ccccc2n1-c1ccc2c(c1)C(C)Oc1ccccc1C2=C(C)c1noc(=O)[nH]1. The molecule has 36 heavy (non-hydrogen) atoms. The van der Waals surface area contributed by atoms with Gasteiger partial charge in [-0.25, -0.2) is 9.78 Å². The number of nitrogens with one attached hydrogen (secondary N) is 1. The Morgan fingerprint density at radius 2 is 1.89 bits per heavy atom. The van der Waals surface area contributed by atoms with Gasteiger partial charge in [-0.1, -0.05) is 41.6 Å². The van der Waals surface area contributed by atoms with Gasteiger partial charge < -0.3 is 9.47 Å². The van der Waals surface area contributed by atoms with Crippen molar-refractivity contribution in [3.63, 3.8) is 0 Å². The predicted octanol–water partition coefficient (Wildman–Crippen LogP) is 5.28. The van der Waals surface area contributed by atoms with Crippen molar-refractivity contribution in [2.24, 2.45) is 0 Å². The van der Waals surface area contributed by atoms with E-state index in [4.69, 9.17) is 19.0 Å². The van der Waals surface area contributed by atoms with Crippen LogP contribution in [-0.2, 0) is 11.3 Å². The summed E-state index contributed by atoms with van der Waals surface area (Å²) >= 11 is 0. The Balaban J connectivity index is 1.61. The summed E-state index contributed by atoms with van der Waals surface area (Å²) in [7, 11) is 1.67. The van der Waals surface area contributed by atoms with Gasteiger partial charge in [-0.05, 0) is 55.3 Å². The Morgan fingerprint density at radius 3 is 2.69 bits per heavy atom. The fourth-order valence-electron chi connectivity index (χ4n) is 4.93. The van der Waals surface area contributed by atoms with Gasteiger partial charge in [0.15, 0.2) is 5.82 Å². The quantitative estimate of drug-likeness (QED) is 0.376. The summed E-state index contributed by atoms with van der Waals surface area (Å²) in [5.74, 6) is 1.37. The first kappa shape index (κ1) is 22.1. The highest BCUT2D eigenvalue weighted by Crippen LogP contribution is 2.44. The second kappa shape index (κ2) is 8.66. The molecule has 0 aliphatic carbocycles. The summed E-state index contributed by atoms with van der Waals surface area (Å²) in [6, 6.07) is 22.2. The maximum Gasteiger partial charge on any atom is 0.439 e. The van der Waals surface area contributed by atoms with Crippen LogP contribution in [0.1, 0.15) is 48.3 Å². The van der Waals surface area contributed by atoms with Crippen molar-refractivity contribution < 1.29 is 14.0 Å². The van der Waals surface area contributed by atoms with E-state index in [2.05, 4.69) is 39.0 Å². The zero-order valence-corrected chi connectivity index (χ0v) is 20.1. The summed E-state index contributed by atoms with van der Waals surface area (Å²) in [5.41, 5.74) is 7.50.